The summed E-state index contributed by atoms with van der Waals surface area (Å²) in [5, 5.41) is -0.0555. The smallest absolute Gasteiger partial charge is 0.352 e. The van der Waals surface area contributed by atoms with Crippen LogP contribution < -0.4 is 0 Å². The van der Waals surface area contributed by atoms with Crippen LogP contribution in [0.3, 0.4) is 0 Å². The molecule has 0 saturated carbocycles. The maximum absolute atomic E-state index is 12.2. The molecule has 4 atom stereocenters. The third kappa shape index (κ3) is 3.60. The number of ether oxygens (including phenoxy) is 4. The number of carbonyl (C=O) groups excluding carboxylic acids is 2. The maximum atomic E-state index is 12.2. The highest BCUT2D eigenvalue weighted by Gasteiger charge is 2.59. The quantitative estimate of drug-likeness (QED) is 0.437. The van der Waals surface area contributed by atoms with Gasteiger partial charge in [-0.05, 0) is 32.0 Å². The normalized spacial score (nSPS) is 33.8. The van der Waals surface area contributed by atoms with E-state index in [1.54, 1.807) is 13.8 Å². The molecule has 2 rings (SSSR count). The Morgan fingerprint density at radius 2 is 1.74 bits per heavy atom. The fraction of sp³-hybridized carbons (Fsp3) is 0.867. The van der Waals surface area contributed by atoms with Gasteiger partial charge in [0, 0.05) is 0 Å². The van der Waals surface area contributed by atoms with Crippen LogP contribution in [-0.4, -0.2) is 51.1 Å². The lowest BCUT2D eigenvalue weighted by molar-refractivity contribution is -0.222. The van der Waals surface area contributed by atoms with Gasteiger partial charge in [-0.1, -0.05) is 20.8 Å². The van der Waals surface area contributed by atoms with E-state index in [1.807, 2.05) is 0 Å². The van der Waals surface area contributed by atoms with Gasteiger partial charge in [-0.25, -0.2) is 4.79 Å². The molecule has 0 amide bonds. The van der Waals surface area contributed by atoms with Gasteiger partial charge in [-0.3, -0.25) is 4.79 Å². The highest BCUT2D eigenvalue weighted by atomic mass is 28.4. The van der Waals surface area contributed by atoms with Gasteiger partial charge in [0.2, 0.25) is 12.4 Å². The largest absolute Gasteiger partial charge is 0.450 e. The first-order valence-electron chi connectivity index (χ1n) is 7.71. The predicted octanol–water partition coefficient (Wildman–Crippen LogP) is 1.95. The molecule has 132 valence electrons. The zero-order valence-corrected chi connectivity index (χ0v) is 15.7. The SMILES string of the molecule is CC1(C)O[C@@H]2[C@@H](O[Si](C)(C)C(C)(C)C)OC(=O)[C@@H](OC=O)[C@@H]2O1. The number of esters is 1. The van der Waals surface area contributed by atoms with E-state index in [1.165, 1.54) is 0 Å². The molecular weight excluding hydrogens is 320 g/mol. The summed E-state index contributed by atoms with van der Waals surface area (Å²) in [5.41, 5.74) is 0. The summed E-state index contributed by atoms with van der Waals surface area (Å²) < 4.78 is 28.0. The molecule has 0 bridgehead atoms. The summed E-state index contributed by atoms with van der Waals surface area (Å²) in [7, 11) is -2.19. The number of rotatable bonds is 4. The molecule has 0 radical (unpaired) electrons. The molecule has 0 aromatic heterocycles. The van der Waals surface area contributed by atoms with Crippen LogP contribution in [0.2, 0.25) is 18.1 Å². The summed E-state index contributed by atoms with van der Waals surface area (Å²) in [5.74, 6) is -1.59. The van der Waals surface area contributed by atoms with Crippen LogP contribution in [0.1, 0.15) is 34.6 Å². The van der Waals surface area contributed by atoms with Crippen molar-refractivity contribution in [1.29, 1.82) is 0 Å². The molecule has 7 nitrogen and oxygen atoms in total. The highest BCUT2D eigenvalue weighted by Crippen LogP contribution is 2.42. The first-order valence-corrected chi connectivity index (χ1v) is 10.6. The van der Waals surface area contributed by atoms with Crippen molar-refractivity contribution in [2.45, 2.75) is 83.1 Å². The second kappa shape index (κ2) is 5.84. The molecule has 23 heavy (non-hydrogen) atoms. The molecule has 0 spiro atoms. The van der Waals surface area contributed by atoms with Gasteiger partial charge in [0.1, 0.15) is 6.10 Å². The van der Waals surface area contributed by atoms with Gasteiger partial charge in [0.25, 0.3) is 6.47 Å². The Balaban J connectivity index is 2.25. The molecule has 2 aliphatic rings. The van der Waals surface area contributed by atoms with E-state index in [0.717, 1.165) is 0 Å². The number of carbonyl (C=O) groups is 2. The highest BCUT2D eigenvalue weighted by molar-refractivity contribution is 6.74. The number of hydrogen-bond donors (Lipinski definition) is 0. The van der Waals surface area contributed by atoms with E-state index in [4.69, 9.17) is 23.4 Å². The lowest BCUT2D eigenvalue weighted by atomic mass is 10.1. The minimum Gasteiger partial charge on any atom is -0.450 e. The molecule has 0 N–H and O–H groups in total. The van der Waals surface area contributed by atoms with Crippen molar-refractivity contribution >= 4 is 20.8 Å². The fourth-order valence-corrected chi connectivity index (χ4v) is 3.51. The van der Waals surface area contributed by atoms with E-state index >= 15 is 0 Å². The molecule has 2 aliphatic heterocycles. The van der Waals surface area contributed by atoms with Crippen molar-refractivity contribution in [3.05, 3.63) is 0 Å². The van der Waals surface area contributed by atoms with E-state index in [9.17, 15) is 9.59 Å². The number of cyclic esters (lactones) is 1. The molecular formula is C15H26O7Si. The summed E-state index contributed by atoms with van der Waals surface area (Å²) >= 11 is 0. The first kappa shape index (κ1) is 18.4. The Morgan fingerprint density at radius 3 is 2.26 bits per heavy atom. The van der Waals surface area contributed by atoms with Crippen LogP contribution in [-0.2, 0) is 33.0 Å². The first-order chi connectivity index (χ1) is 10.4. The Kier molecular flexibility index (Phi) is 4.66. The summed E-state index contributed by atoms with van der Waals surface area (Å²) in [6.45, 7) is 14.1. The van der Waals surface area contributed by atoms with Crippen LogP contribution in [0.15, 0.2) is 0 Å². The average molecular weight is 346 g/mol. The van der Waals surface area contributed by atoms with Crippen LogP contribution in [0.4, 0.5) is 0 Å². The zero-order chi connectivity index (χ0) is 17.6. The zero-order valence-electron chi connectivity index (χ0n) is 14.7. The Morgan fingerprint density at radius 1 is 1.17 bits per heavy atom. The maximum Gasteiger partial charge on any atom is 0.352 e. The Hall–Kier alpha value is -0.963. The standard InChI is InChI=1S/C15H26O7Si/c1-14(2,3)23(6,7)22-13-11-9(20-15(4,5)21-11)10(18-8-16)12(17)19-13/h8-11,13H,1-7H3/t9-,10-,11-,13+/m0/s1. The van der Waals surface area contributed by atoms with E-state index in [-0.39, 0.29) is 11.5 Å². The topological polar surface area (TPSA) is 80.3 Å². The number of hydrogen-bond acceptors (Lipinski definition) is 7. The number of fused-ring (bicyclic) bond motifs is 1. The summed E-state index contributed by atoms with van der Waals surface area (Å²) in [4.78, 5) is 22.8. The van der Waals surface area contributed by atoms with Crippen LogP contribution >= 0.6 is 0 Å². The van der Waals surface area contributed by atoms with Crippen molar-refractivity contribution in [1.82, 2.24) is 0 Å². The molecule has 2 fully saturated rings. The van der Waals surface area contributed by atoms with Crippen molar-refractivity contribution in [3.8, 4) is 0 Å². The predicted molar refractivity (Wildman–Crippen MR) is 82.9 cm³/mol. The van der Waals surface area contributed by atoms with E-state index in [0.29, 0.717) is 0 Å². The van der Waals surface area contributed by atoms with Gasteiger partial charge in [0.15, 0.2) is 20.2 Å². The third-order valence-electron chi connectivity index (χ3n) is 4.61. The lowest BCUT2D eigenvalue weighted by Gasteiger charge is -2.42. The van der Waals surface area contributed by atoms with Crippen LogP contribution in [0.5, 0.6) is 0 Å². The van der Waals surface area contributed by atoms with Crippen molar-refractivity contribution in [2.75, 3.05) is 0 Å². The van der Waals surface area contributed by atoms with E-state index in [2.05, 4.69) is 33.9 Å². The van der Waals surface area contributed by atoms with Gasteiger partial charge in [0.05, 0.1) is 0 Å². The van der Waals surface area contributed by atoms with Gasteiger partial charge in [-0.2, -0.15) is 0 Å². The second-order valence-corrected chi connectivity index (χ2v) is 12.7. The van der Waals surface area contributed by atoms with E-state index < -0.39 is 44.7 Å². The third-order valence-corrected chi connectivity index (χ3v) is 9.05. The molecule has 0 unspecified atom stereocenters. The lowest BCUT2D eigenvalue weighted by Crippen LogP contribution is -2.59. The summed E-state index contributed by atoms with van der Waals surface area (Å²) in [6, 6.07) is 0. The molecule has 8 heteroatoms. The van der Waals surface area contributed by atoms with Crippen LogP contribution in [0, 0.1) is 0 Å². The second-order valence-electron chi connectivity index (χ2n) is 7.90. The van der Waals surface area contributed by atoms with Crippen molar-refractivity contribution in [3.63, 3.8) is 0 Å². The van der Waals surface area contributed by atoms with Crippen molar-refractivity contribution in [2.24, 2.45) is 0 Å². The van der Waals surface area contributed by atoms with Crippen LogP contribution in [0.25, 0.3) is 0 Å². The van der Waals surface area contributed by atoms with Gasteiger partial charge < -0.3 is 23.4 Å². The average Bonchev–Trinajstić information content (AvgIpc) is 2.68. The Labute approximate surface area is 137 Å². The Bertz CT molecular complexity index is 483. The molecule has 0 aromatic rings. The minimum absolute atomic E-state index is 0.0555. The van der Waals surface area contributed by atoms with Crippen molar-refractivity contribution < 1.29 is 33.0 Å². The fourth-order valence-electron chi connectivity index (χ4n) is 2.40. The minimum atomic E-state index is -2.19. The molecule has 2 heterocycles. The molecule has 0 aromatic carbocycles. The summed E-state index contributed by atoms with van der Waals surface area (Å²) in [6.07, 6.45) is -3.40. The van der Waals surface area contributed by atoms with Gasteiger partial charge in [-0.15, -0.1) is 0 Å². The molecule has 0 aliphatic carbocycles. The molecule has 2 saturated heterocycles. The monoisotopic (exact) mass is 346 g/mol. The van der Waals surface area contributed by atoms with Gasteiger partial charge >= 0.3 is 5.97 Å².